The van der Waals surface area contributed by atoms with E-state index in [4.69, 9.17) is 0 Å². The van der Waals surface area contributed by atoms with Crippen LogP contribution in [0.1, 0.15) is 23.4 Å². The van der Waals surface area contributed by atoms with Crippen molar-refractivity contribution in [1.82, 2.24) is 20.1 Å². The van der Waals surface area contributed by atoms with Gasteiger partial charge < -0.3 is 14.8 Å². The van der Waals surface area contributed by atoms with Crippen molar-refractivity contribution in [2.75, 3.05) is 24.5 Å². The van der Waals surface area contributed by atoms with Crippen LogP contribution in [-0.4, -0.2) is 45.6 Å². The van der Waals surface area contributed by atoms with Crippen LogP contribution < -0.4 is 4.90 Å². The summed E-state index contributed by atoms with van der Waals surface area (Å²) in [6, 6.07) is 8.35. The van der Waals surface area contributed by atoms with Gasteiger partial charge in [0.25, 0.3) is 0 Å². The molecule has 1 aromatic carbocycles. The van der Waals surface area contributed by atoms with Gasteiger partial charge in [0.15, 0.2) is 0 Å². The van der Waals surface area contributed by atoms with Crippen LogP contribution in [0, 0.1) is 0 Å². The van der Waals surface area contributed by atoms with Crippen molar-refractivity contribution in [1.29, 1.82) is 0 Å². The van der Waals surface area contributed by atoms with Gasteiger partial charge >= 0.3 is 0 Å². The summed E-state index contributed by atoms with van der Waals surface area (Å²) in [7, 11) is 0. The maximum absolute atomic E-state index is 12.9. The number of carbonyl (C=O) groups excluding carboxylic acids is 1. The fourth-order valence-electron chi connectivity index (χ4n) is 4.14. The van der Waals surface area contributed by atoms with Crippen molar-refractivity contribution in [2.24, 2.45) is 0 Å². The summed E-state index contributed by atoms with van der Waals surface area (Å²) in [5, 5.41) is 8.43. The highest BCUT2D eigenvalue weighted by Gasteiger charge is 2.27. The van der Waals surface area contributed by atoms with Gasteiger partial charge in [-0.15, -0.1) is 0 Å². The molecule has 128 valence electrons. The van der Waals surface area contributed by atoms with Gasteiger partial charge in [0.2, 0.25) is 5.91 Å². The van der Waals surface area contributed by atoms with E-state index in [9.17, 15) is 4.79 Å². The zero-order chi connectivity index (χ0) is 16.8. The fraction of sp³-hybridized carbons (Fsp3) is 0.368. The Morgan fingerprint density at radius 1 is 1.16 bits per heavy atom. The number of nitrogens with zero attached hydrogens (tertiary/aromatic N) is 3. The molecule has 25 heavy (non-hydrogen) atoms. The van der Waals surface area contributed by atoms with Crippen LogP contribution in [0.25, 0.3) is 10.9 Å². The normalized spacial score (nSPS) is 16.8. The van der Waals surface area contributed by atoms with Crippen molar-refractivity contribution in [3.63, 3.8) is 0 Å². The predicted octanol–water partition coefficient (Wildman–Crippen LogP) is 2.23. The van der Waals surface area contributed by atoms with E-state index in [0.717, 1.165) is 43.7 Å². The second-order valence-electron chi connectivity index (χ2n) is 6.95. The van der Waals surface area contributed by atoms with Gasteiger partial charge in [-0.05, 0) is 18.9 Å². The first-order chi connectivity index (χ1) is 12.3. The molecule has 0 bridgehead atoms. The van der Waals surface area contributed by atoms with E-state index >= 15 is 0 Å². The lowest BCUT2D eigenvalue weighted by Crippen LogP contribution is -2.44. The van der Waals surface area contributed by atoms with Crippen LogP contribution in [0.15, 0.2) is 30.5 Å². The summed E-state index contributed by atoms with van der Waals surface area (Å²) >= 11 is 0. The number of H-pyrrole nitrogens is 2. The number of hydrogen-bond acceptors (Lipinski definition) is 3. The molecular formula is C19H21N5O. The predicted molar refractivity (Wildman–Crippen MR) is 96.5 cm³/mol. The van der Waals surface area contributed by atoms with E-state index in [-0.39, 0.29) is 5.91 Å². The van der Waals surface area contributed by atoms with E-state index in [0.29, 0.717) is 13.1 Å². The Balaban J connectivity index is 1.36. The minimum atomic E-state index is 0.199. The van der Waals surface area contributed by atoms with Crippen molar-refractivity contribution in [2.45, 2.75) is 25.8 Å². The number of hydrogen-bond donors (Lipinski definition) is 2. The van der Waals surface area contributed by atoms with Gasteiger partial charge in [0.1, 0.15) is 0 Å². The van der Waals surface area contributed by atoms with Crippen LogP contribution in [0.3, 0.4) is 0 Å². The third-order valence-corrected chi connectivity index (χ3v) is 5.45. The third kappa shape index (κ3) is 2.40. The molecule has 0 fully saturated rings. The lowest BCUT2D eigenvalue weighted by molar-refractivity contribution is -0.130. The lowest BCUT2D eigenvalue weighted by atomic mass is 10.0. The Bertz CT molecular complexity index is 940. The lowest BCUT2D eigenvalue weighted by Gasteiger charge is -2.32. The Morgan fingerprint density at radius 2 is 2.08 bits per heavy atom. The molecule has 2 aliphatic rings. The van der Waals surface area contributed by atoms with Gasteiger partial charge in [-0.1, -0.05) is 18.2 Å². The molecule has 0 unspecified atom stereocenters. The van der Waals surface area contributed by atoms with E-state index < -0.39 is 0 Å². The summed E-state index contributed by atoms with van der Waals surface area (Å²) in [6.45, 7) is 2.84. The first kappa shape index (κ1) is 14.6. The van der Waals surface area contributed by atoms with Gasteiger partial charge in [-0.3, -0.25) is 9.89 Å². The minimum Gasteiger partial charge on any atom is -0.359 e. The molecule has 0 atom stereocenters. The number of aromatic amines is 2. The van der Waals surface area contributed by atoms with Crippen LogP contribution in [0.5, 0.6) is 0 Å². The number of para-hydroxylation sites is 1. The van der Waals surface area contributed by atoms with Crippen LogP contribution >= 0.6 is 0 Å². The van der Waals surface area contributed by atoms with Gasteiger partial charge in [0.05, 0.1) is 24.1 Å². The highest BCUT2D eigenvalue weighted by molar-refractivity contribution is 5.87. The number of amides is 1. The van der Waals surface area contributed by atoms with Crippen LogP contribution in [0.4, 0.5) is 5.69 Å². The quantitative estimate of drug-likeness (QED) is 0.755. The molecule has 0 radical (unpaired) electrons. The zero-order valence-corrected chi connectivity index (χ0v) is 14.1. The topological polar surface area (TPSA) is 68.0 Å². The first-order valence-electron chi connectivity index (χ1n) is 8.93. The van der Waals surface area contributed by atoms with Crippen LogP contribution in [0.2, 0.25) is 0 Å². The monoisotopic (exact) mass is 335 g/mol. The number of rotatable bonds is 2. The standard InChI is InChI=1S/C19H21N5O/c25-19(12-23-8-3-6-17-18(23)10-20-22-17)24-9-7-16-14(11-24)13-4-1-2-5-15(13)21-16/h1-2,4-5,10,21H,3,6-9,11-12H2,(H,20,22). The second-order valence-corrected chi connectivity index (χ2v) is 6.95. The van der Waals surface area contributed by atoms with Crippen molar-refractivity contribution >= 4 is 22.5 Å². The Kier molecular flexibility index (Phi) is 3.29. The van der Waals surface area contributed by atoms with Crippen molar-refractivity contribution in [3.05, 3.63) is 47.4 Å². The number of aryl methyl sites for hydroxylation is 1. The van der Waals surface area contributed by atoms with Gasteiger partial charge in [-0.2, -0.15) is 5.10 Å². The molecule has 2 aromatic heterocycles. The maximum Gasteiger partial charge on any atom is 0.242 e. The van der Waals surface area contributed by atoms with E-state index in [1.54, 1.807) is 0 Å². The highest BCUT2D eigenvalue weighted by atomic mass is 16.2. The Morgan fingerprint density at radius 3 is 3.04 bits per heavy atom. The van der Waals surface area contributed by atoms with Gasteiger partial charge in [0, 0.05) is 48.2 Å². The molecule has 6 heteroatoms. The number of benzene rings is 1. The summed E-state index contributed by atoms with van der Waals surface area (Å²) in [6.07, 6.45) is 4.82. The number of aromatic nitrogens is 3. The Labute approximate surface area is 145 Å². The van der Waals surface area contributed by atoms with E-state index in [1.165, 1.54) is 22.2 Å². The number of nitrogens with one attached hydrogen (secondary N) is 2. The average molecular weight is 335 g/mol. The molecule has 2 N–H and O–H groups in total. The molecule has 2 aliphatic heterocycles. The average Bonchev–Trinajstić information content (AvgIpc) is 3.26. The summed E-state index contributed by atoms with van der Waals surface area (Å²) < 4.78 is 0. The fourth-order valence-corrected chi connectivity index (χ4v) is 4.14. The maximum atomic E-state index is 12.9. The summed E-state index contributed by atoms with van der Waals surface area (Å²) in [5.74, 6) is 0.199. The minimum absolute atomic E-state index is 0.199. The number of carbonyl (C=O) groups is 1. The molecule has 1 amide bonds. The van der Waals surface area contributed by atoms with Crippen LogP contribution in [-0.2, 0) is 24.2 Å². The summed E-state index contributed by atoms with van der Waals surface area (Å²) in [4.78, 5) is 20.6. The molecule has 0 saturated carbocycles. The smallest absolute Gasteiger partial charge is 0.242 e. The van der Waals surface area contributed by atoms with Crippen molar-refractivity contribution in [3.8, 4) is 0 Å². The van der Waals surface area contributed by atoms with E-state index in [1.807, 2.05) is 17.2 Å². The van der Waals surface area contributed by atoms with Crippen molar-refractivity contribution < 1.29 is 4.79 Å². The first-order valence-corrected chi connectivity index (χ1v) is 8.93. The van der Waals surface area contributed by atoms with Gasteiger partial charge in [-0.25, -0.2) is 0 Å². The third-order valence-electron chi connectivity index (χ3n) is 5.45. The number of fused-ring (bicyclic) bond motifs is 4. The highest BCUT2D eigenvalue weighted by Crippen LogP contribution is 2.28. The molecule has 6 nitrogen and oxygen atoms in total. The molecule has 0 aliphatic carbocycles. The number of anilines is 1. The SMILES string of the molecule is O=C(CN1CCCc2[nH]ncc21)N1CCc2[nH]c3ccccc3c2C1. The van der Waals surface area contributed by atoms with E-state index in [2.05, 4.69) is 38.3 Å². The molecule has 0 spiro atoms. The molecule has 5 rings (SSSR count). The summed E-state index contributed by atoms with van der Waals surface area (Å²) in [5.41, 5.74) is 5.96. The molecule has 4 heterocycles. The molecule has 3 aromatic rings. The zero-order valence-electron chi connectivity index (χ0n) is 14.1. The molecular weight excluding hydrogens is 314 g/mol. The molecule has 0 saturated heterocycles. The Hall–Kier alpha value is -2.76. The second kappa shape index (κ2) is 5.65. The largest absolute Gasteiger partial charge is 0.359 e.